The average molecular weight is 288 g/mol. The Morgan fingerprint density at radius 2 is 2.17 bits per heavy atom. The van der Waals surface area contributed by atoms with Crippen molar-refractivity contribution in [3.63, 3.8) is 0 Å². The van der Waals surface area contributed by atoms with E-state index in [4.69, 9.17) is 17.3 Å². The molecule has 0 radical (unpaired) electrons. The summed E-state index contributed by atoms with van der Waals surface area (Å²) < 4.78 is 0. The van der Waals surface area contributed by atoms with Crippen molar-refractivity contribution in [1.29, 1.82) is 0 Å². The molecule has 1 rings (SSSR count). The fourth-order valence-electron chi connectivity index (χ4n) is 1.67. The van der Waals surface area contributed by atoms with Crippen LogP contribution in [0.15, 0.2) is 12.3 Å². The van der Waals surface area contributed by atoms with E-state index in [9.17, 15) is 0 Å². The smallest absolute Gasteiger partial charge is 0.128 e. The molecule has 1 atom stereocenters. The number of nitrogens with one attached hydrogen (secondary N) is 1. The number of nitrogens with two attached hydrogens (primary N) is 1. The van der Waals surface area contributed by atoms with E-state index < -0.39 is 0 Å². The third-order valence-corrected chi connectivity index (χ3v) is 4.16. The first-order valence-corrected chi connectivity index (χ1v) is 7.79. The van der Waals surface area contributed by atoms with Gasteiger partial charge >= 0.3 is 0 Å². The van der Waals surface area contributed by atoms with Crippen molar-refractivity contribution in [3.05, 3.63) is 22.8 Å². The molecule has 0 amide bonds. The van der Waals surface area contributed by atoms with Crippen LogP contribution < -0.4 is 11.1 Å². The highest BCUT2D eigenvalue weighted by molar-refractivity contribution is 7.99. The lowest BCUT2D eigenvalue weighted by Gasteiger charge is -2.20. The predicted octanol–water partition coefficient (Wildman–Crippen LogP) is 3.36. The van der Waals surface area contributed by atoms with Gasteiger partial charge in [0.05, 0.1) is 5.02 Å². The van der Waals surface area contributed by atoms with Crippen LogP contribution in [0.5, 0.6) is 0 Å². The van der Waals surface area contributed by atoms with E-state index in [-0.39, 0.29) is 6.04 Å². The average Bonchev–Trinajstić information content (AvgIpc) is 2.31. The van der Waals surface area contributed by atoms with Crippen LogP contribution in [0.4, 0.5) is 5.82 Å². The van der Waals surface area contributed by atoms with Crippen molar-refractivity contribution < 1.29 is 0 Å². The molecule has 1 aromatic heterocycles. The maximum absolute atomic E-state index is 5.99. The molecule has 3 nitrogen and oxygen atoms in total. The number of pyridine rings is 1. The van der Waals surface area contributed by atoms with Crippen molar-refractivity contribution >= 4 is 29.2 Å². The van der Waals surface area contributed by atoms with E-state index in [0.717, 1.165) is 23.6 Å². The Balaban J connectivity index is 2.73. The van der Waals surface area contributed by atoms with Gasteiger partial charge in [-0.15, -0.1) is 0 Å². The molecule has 0 aliphatic carbocycles. The van der Waals surface area contributed by atoms with E-state index in [1.54, 1.807) is 6.20 Å². The summed E-state index contributed by atoms with van der Waals surface area (Å²) in [4.78, 5) is 4.12. The van der Waals surface area contributed by atoms with Crippen molar-refractivity contribution in [2.24, 2.45) is 5.92 Å². The number of hydrogen-bond donors (Lipinski definition) is 2. The molecule has 0 bridgehead atoms. The Morgan fingerprint density at radius 1 is 1.44 bits per heavy atom. The largest absolute Gasteiger partial charge is 0.383 e. The molecule has 1 unspecified atom stereocenters. The van der Waals surface area contributed by atoms with Crippen LogP contribution in [0.1, 0.15) is 32.4 Å². The van der Waals surface area contributed by atoms with Crippen LogP contribution in [0.25, 0.3) is 0 Å². The van der Waals surface area contributed by atoms with Gasteiger partial charge in [-0.1, -0.05) is 32.4 Å². The summed E-state index contributed by atoms with van der Waals surface area (Å²) in [5.74, 6) is 3.40. The molecule has 5 heteroatoms. The van der Waals surface area contributed by atoms with Crippen LogP contribution >= 0.6 is 23.4 Å². The number of nitrogens with zero attached hydrogens (tertiary/aromatic N) is 1. The van der Waals surface area contributed by atoms with Crippen molar-refractivity contribution in [3.8, 4) is 0 Å². The number of rotatable bonds is 7. The summed E-state index contributed by atoms with van der Waals surface area (Å²) in [7, 11) is 0. The van der Waals surface area contributed by atoms with Gasteiger partial charge in [0.1, 0.15) is 5.82 Å². The minimum atomic E-state index is 0.213. The minimum Gasteiger partial charge on any atom is -0.383 e. The quantitative estimate of drug-likeness (QED) is 0.807. The Hall–Kier alpha value is -0.450. The molecule has 0 aliphatic heterocycles. The highest BCUT2D eigenvalue weighted by Crippen LogP contribution is 2.25. The van der Waals surface area contributed by atoms with E-state index in [1.807, 2.05) is 17.8 Å². The zero-order valence-electron chi connectivity index (χ0n) is 11.2. The first-order chi connectivity index (χ1) is 8.54. The molecule has 0 aliphatic rings. The molecule has 0 fully saturated rings. The molecule has 102 valence electrons. The Morgan fingerprint density at radius 3 is 2.78 bits per heavy atom. The summed E-state index contributed by atoms with van der Waals surface area (Å²) >= 11 is 7.92. The topological polar surface area (TPSA) is 50.9 Å². The molecule has 18 heavy (non-hydrogen) atoms. The Bertz CT molecular complexity index is 371. The summed E-state index contributed by atoms with van der Waals surface area (Å²) in [6.45, 7) is 7.45. The van der Waals surface area contributed by atoms with Gasteiger partial charge in [-0.05, 0) is 24.3 Å². The van der Waals surface area contributed by atoms with E-state index in [1.165, 1.54) is 0 Å². The van der Waals surface area contributed by atoms with Gasteiger partial charge < -0.3 is 11.1 Å². The number of anilines is 1. The third kappa shape index (κ3) is 5.04. The maximum Gasteiger partial charge on any atom is 0.128 e. The summed E-state index contributed by atoms with van der Waals surface area (Å²) in [5.41, 5.74) is 6.93. The standard InChI is InChI=1S/C13H22ClN3S/c1-4-16-12(8-18-7-9(2)3)11-5-10(14)6-17-13(11)15/h5-6,9,12,16H,4,7-8H2,1-3H3,(H2,15,17). The highest BCUT2D eigenvalue weighted by Gasteiger charge is 2.15. The highest BCUT2D eigenvalue weighted by atomic mass is 35.5. The fraction of sp³-hybridized carbons (Fsp3) is 0.615. The zero-order chi connectivity index (χ0) is 13.5. The first-order valence-electron chi connectivity index (χ1n) is 6.26. The van der Waals surface area contributed by atoms with Gasteiger partial charge in [0.25, 0.3) is 0 Å². The number of aromatic nitrogens is 1. The molecular weight excluding hydrogens is 266 g/mol. The van der Waals surface area contributed by atoms with Gasteiger partial charge in [0, 0.05) is 23.6 Å². The van der Waals surface area contributed by atoms with Crippen molar-refractivity contribution in [2.45, 2.75) is 26.8 Å². The lowest BCUT2D eigenvalue weighted by Crippen LogP contribution is -2.24. The van der Waals surface area contributed by atoms with Gasteiger partial charge in [-0.25, -0.2) is 4.98 Å². The molecule has 0 saturated heterocycles. The van der Waals surface area contributed by atoms with E-state index in [2.05, 4.69) is 31.1 Å². The maximum atomic E-state index is 5.99. The Labute approximate surface area is 119 Å². The number of hydrogen-bond acceptors (Lipinski definition) is 4. The third-order valence-electron chi connectivity index (χ3n) is 2.48. The fourth-order valence-corrected chi connectivity index (χ4v) is 2.98. The summed E-state index contributed by atoms with van der Waals surface area (Å²) in [6.07, 6.45) is 1.59. The molecule has 0 saturated carbocycles. The molecule has 0 spiro atoms. The molecule has 1 aromatic rings. The van der Waals surface area contributed by atoms with Gasteiger partial charge in [0.2, 0.25) is 0 Å². The van der Waals surface area contributed by atoms with Crippen LogP contribution in [-0.4, -0.2) is 23.0 Å². The molecule has 0 aromatic carbocycles. The Kier molecular flexibility index (Phi) is 6.82. The number of halogens is 1. The van der Waals surface area contributed by atoms with E-state index >= 15 is 0 Å². The van der Waals surface area contributed by atoms with Gasteiger partial charge in [-0.2, -0.15) is 11.8 Å². The van der Waals surface area contributed by atoms with Gasteiger partial charge in [-0.3, -0.25) is 0 Å². The predicted molar refractivity (Wildman–Crippen MR) is 82.2 cm³/mol. The summed E-state index contributed by atoms with van der Waals surface area (Å²) in [5, 5.41) is 4.08. The molecule has 1 heterocycles. The second kappa shape index (κ2) is 7.87. The lowest BCUT2D eigenvalue weighted by atomic mass is 10.1. The normalized spacial score (nSPS) is 12.9. The molecular formula is C13H22ClN3S. The second-order valence-corrected chi connectivity index (χ2v) is 6.18. The van der Waals surface area contributed by atoms with Gasteiger partial charge in [0.15, 0.2) is 0 Å². The van der Waals surface area contributed by atoms with Crippen LogP contribution in [0.2, 0.25) is 5.02 Å². The van der Waals surface area contributed by atoms with Crippen LogP contribution in [0.3, 0.4) is 0 Å². The second-order valence-electron chi connectivity index (χ2n) is 4.67. The van der Waals surface area contributed by atoms with Crippen molar-refractivity contribution in [1.82, 2.24) is 10.3 Å². The van der Waals surface area contributed by atoms with Crippen LogP contribution in [0, 0.1) is 5.92 Å². The van der Waals surface area contributed by atoms with Crippen LogP contribution in [-0.2, 0) is 0 Å². The summed E-state index contributed by atoms with van der Waals surface area (Å²) in [6, 6.07) is 2.12. The minimum absolute atomic E-state index is 0.213. The number of thioether (sulfide) groups is 1. The first kappa shape index (κ1) is 15.6. The molecule has 3 N–H and O–H groups in total. The SMILES string of the molecule is CCNC(CSCC(C)C)c1cc(Cl)cnc1N. The zero-order valence-corrected chi connectivity index (χ0v) is 12.8. The van der Waals surface area contributed by atoms with E-state index in [0.29, 0.717) is 16.8 Å². The lowest BCUT2D eigenvalue weighted by molar-refractivity contribution is 0.605. The van der Waals surface area contributed by atoms with Crippen molar-refractivity contribution in [2.75, 3.05) is 23.8 Å². The number of nitrogen functional groups attached to an aromatic ring is 1. The monoisotopic (exact) mass is 287 g/mol.